The van der Waals surface area contributed by atoms with Crippen LogP contribution in [0.2, 0.25) is 0 Å². The quantitative estimate of drug-likeness (QED) is 0.656. The molecule has 0 radical (unpaired) electrons. The van der Waals surface area contributed by atoms with Gasteiger partial charge in [0.15, 0.2) is 18.1 Å². The Hall–Kier alpha value is -3.55. The van der Waals surface area contributed by atoms with Gasteiger partial charge in [0.1, 0.15) is 0 Å². The number of likely N-dealkylation sites (N-methyl/N-ethyl adjacent to an activating group) is 2. The van der Waals surface area contributed by atoms with Crippen molar-refractivity contribution >= 4 is 23.4 Å². The molecule has 3 amide bonds. The number of amides is 3. The number of nitrogens with one attached hydrogen (secondary N) is 2. The van der Waals surface area contributed by atoms with E-state index in [2.05, 4.69) is 10.6 Å². The van der Waals surface area contributed by atoms with Crippen LogP contribution < -0.4 is 20.1 Å². The molecule has 0 saturated carbocycles. The molecule has 0 spiro atoms. The van der Waals surface area contributed by atoms with Crippen molar-refractivity contribution in [1.82, 2.24) is 10.2 Å². The summed E-state index contributed by atoms with van der Waals surface area (Å²) in [6.07, 6.45) is 0.791. The summed E-state index contributed by atoms with van der Waals surface area (Å²) in [5.41, 5.74) is 2.10. The maximum absolute atomic E-state index is 12.7. The van der Waals surface area contributed by atoms with Crippen molar-refractivity contribution < 1.29 is 23.9 Å². The molecular weight excluding hydrogens is 386 g/mol. The van der Waals surface area contributed by atoms with Crippen LogP contribution in [0.1, 0.15) is 22.8 Å². The maximum Gasteiger partial charge on any atom is 0.257 e. The first kappa shape index (κ1) is 22.7. The number of para-hydroxylation sites is 1. The molecule has 0 saturated heterocycles. The third-order valence-corrected chi connectivity index (χ3v) is 4.45. The fourth-order valence-electron chi connectivity index (χ4n) is 2.78. The fraction of sp³-hybridized carbons (Fsp3) is 0.318. The van der Waals surface area contributed by atoms with E-state index in [1.165, 1.54) is 25.1 Å². The van der Waals surface area contributed by atoms with Crippen molar-refractivity contribution in [3.8, 4) is 11.5 Å². The number of hydrogen-bond acceptors (Lipinski definition) is 5. The van der Waals surface area contributed by atoms with E-state index in [0.29, 0.717) is 17.1 Å². The predicted octanol–water partition coefficient (Wildman–Crippen LogP) is 2.09. The van der Waals surface area contributed by atoms with Gasteiger partial charge in [0.25, 0.3) is 11.8 Å². The SMILES string of the molecule is CCc1ccccc1NC(=O)CN(C)C(=O)c1ccc(OCC(=O)NC)c(OC)c1. The van der Waals surface area contributed by atoms with Crippen LogP contribution in [0.4, 0.5) is 5.69 Å². The Morgan fingerprint density at radius 2 is 1.77 bits per heavy atom. The number of hydrogen-bond donors (Lipinski definition) is 2. The number of ether oxygens (including phenoxy) is 2. The minimum Gasteiger partial charge on any atom is -0.493 e. The Balaban J connectivity index is 2.04. The summed E-state index contributed by atoms with van der Waals surface area (Å²) in [4.78, 5) is 37.8. The first-order valence-electron chi connectivity index (χ1n) is 9.54. The molecule has 0 bridgehead atoms. The molecule has 0 aliphatic carbocycles. The minimum atomic E-state index is -0.343. The number of rotatable bonds is 9. The maximum atomic E-state index is 12.7. The van der Waals surface area contributed by atoms with E-state index in [0.717, 1.165) is 17.7 Å². The lowest BCUT2D eigenvalue weighted by atomic mass is 10.1. The van der Waals surface area contributed by atoms with Crippen molar-refractivity contribution in [3.05, 3.63) is 53.6 Å². The van der Waals surface area contributed by atoms with E-state index in [4.69, 9.17) is 9.47 Å². The molecule has 0 aliphatic heterocycles. The molecular formula is C22H27N3O5. The Labute approximate surface area is 176 Å². The molecule has 30 heavy (non-hydrogen) atoms. The van der Waals surface area contributed by atoms with E-state index >= 15 is 0 Å². The highest BCUT2D eigenvalue weighted by atomic mass is 16.5. The molecule has 8 heteroatoms. The molecule has 0 atom stereocenters. The monoisotopic (exact) mass is 413 g/mol. The van der Waals surface area contributed by atoms with Crippen molar-refractivity contribution in [1.29, 1.82) is 0 Å². The van der Waals surface area contributed by atoms with Gasteiger partial charge in [0.05, 0.1) is 13.7 Å². The number of carbonyl (C=O) groups excluding carboxylic acids is 3. The van der Waals surface area contributed by atoms with E-state index in [1.807, 2.05) is 31.2 Å². The molecule has 2 N–H and O–H groups in total. The Morgan fingerprint density at radius 1 is 1.03 bits per heavy atom. The van der Waals surface area contributed by atoms with Crippen LogP contribution in [-0.2, 0) is 16.0 Å². The molecule has 0 heterocycles. The summed E-state index contributed by atoms with van der Waals surface area (Å²) in [6, 6.07) is 12.2. The van der Waals surface area contributed by atoms with Crippen LogP contribution in [0, 0.1) is 0 Å². The van der Waals surface area contributed by atoms with Crippen LogP contribution in [0.3, 0.4) is 0 Å². The lowest BCUT2D eigenvalue weighted by Gasteiger charge is -2.18. The largest absolute Gasteiger partial charge is 0.493 e. The van der Waals surface area contributed by atoms with Crippen molar-refractivity contribution in [3.63, 3.8) is 0 Å². The van der Waals surface area contributed by atoms with E-state index in [1.54, 1.807) is 19.2 Å². The second kappa shape index (κ2) is 10.8. The highest BCUT2D eigenvalue weighted by Gasteiger charge is 2.18. The average molecular weight is 413 g/mol. The second-order valence-corrected chi connectivity index (χ2v) is 6.55. The summed E-state index contributed by atoms with van der Waals surface area (Å²) in [6.45, 7) is 1.74. The lowest BCUT2D eigenvalue weighted by Crippen LogP contribution is -2.35. The van der Waals surface area contributed by atoms with Gasteiger partial charge < -0.3 is 25.0 Å². The third-order valence-electron chi connectivity index (χ3n) is 4.45. The number of carbonyl (C=O) groups is 3. The number of anilines is 1. The summed E-state index contributed by atoms with van der Waals surface area (Å²) < 4.78 is 10.7. The van der Waals surface area contributed by atoms with Gasteiger partial charge in [-0.3, -0.25) is 14.4 Å². The second-order valence-electron chi connectivity index (χ2n) is 6.55. The molecule has 0 fully saturated rings. The van der Waals surface area contributed by atoms with Crippen LogP contribution in [-0.4, -0.2) is 57.0 Å². The van der Waals surface area contributed by atoms with Crippen molar-refractivity contribution in [2.75, 3.05) is 39.7 Å². The summed E-state index contributed by atoms with van der Waals surface area (Å²) in [7, 11) is 4.51. The molecule has 2 rings (SSSR count). The van der Waals surface area contributed by atoms with E-state index in [-0.39, 0.29) is 30.9 Å². The molecule has 160 valence electrons. The normalized spacial score (nSPS) is 10.1. The summed E-state index contributed by atoms with van der Waals surface area (Å²) in [5.74, 6) is -0.254. The first-order valence-corrected chi connectivity index (χ1v) is 9.54. The minimum absolute atomic E-state index is 0.103. The van der Waals surface area contributed by atoms with Gasteiger partial charge >= 0.3 is 0 Å². The zero-order valence-electron chi connectivity index (χ0n) is 17.7. The molecule has 2 aromatic carbocycles. The Kier molecular flexibility index (Phi) is 8.22. The molecule has 8 nitrogen and oxygen atoms in total. The fourth-order valence-corrected chi connectivity index (χ4v) is 2.78. The number of methoxy groups -OCH3 is 1. The molecule has 2 aromatic rings. The third kappa shape index (κ3) is 5.97. The van der Waals surface area contributed by atoms with Crippen LogP contribution in [0.25, 0.3) is 0 Å². The van der Waals surface area contributed by atoms with Crippen molar-refractivity contribution in [2.45, 2.75) is 13.3 Å². The predicted molar refractivity (Wildman–Crippen MR) is 114 cm³/mol. The number of nitrogens with zero attached hydrogens (tertiary/aromatic N) is 1. The summed E-state index contributed by atoms with van der Waals surface area (Å²) >= 11 is 0. The highest BCUT2D eigenvalue weighted by Crippen LogP contribution is 2.28. The van der Waals surface area contributed by atoms with E-state index < -0.39 is 0 Å². The Bertz CT molecular complexity index is 913. The van der Waals surface area contributed by atoms with Crippen molar-refractivity contribution in [2.24, 2.45) is 0 Å². The summed E-state index contributed by atoms with van der Waals surface area (Å²) in [5, 5.41) is 5.30. The van der Waals surface area contributed by atoms with Crippen LogP contribution >= 0.6 is 0 Å². The molecule has 0 unspecified atom stereocenters. The molecule has 0 aliphatic rings. The van der Waals surface area contributed by atoms with Gasteiger partial charge in [-0.2, -0.15) is 0 Å². The Morgan fingerprint density at radius 3 is 2.43 bits per heavy atom. The standard InChI is InChI=1S/C22H27N3O5/c1-5-15-8-6-7-9-17(15)24-20(26)13-25(3)22(28)16-10-11-18(19(12-16)29-4)30-14-21(27)23-2/h6-12H,5,13-14H2,1-4H3,(H,23,27)(H,24,26). The van der Waals surface area contributed by atoms with Gasteiger partial charge in [0.2, 0.25) is 5.91 Å². The van der Waals surface area contributed by atoms with Gasteiger partial charge in [-0.15, -0.1) is 0 Å². The zero-order chi connectivity index (χ0) is 22.1. The smallest absolute Gasteiger partial charge is 0.257 e. The highest BCUT2D eigenvalue weighted by molar-refractivity contribution is 5.99. The van der Waals surface area contributed by atoms with Gasteiger partial charge in [-0.05, 0) is 36.2 Å². The number of benzene rings is 2. The first-order chi connectivity index (χ1) is 14.4. The van der Waals surface area contributed by atoms with Gasteiger partial charge in [-0.1, -0.05) is 25.1 Å². The van der Waals surface area contributed by atoms with Crippen LogP contribution in [0.5, 0.6) is 11.5 Å². The van der Waals surface area contributed by atoms with E-state index in [9.17, 15) is 14.4 Å². The average Bonchev–Trinajstić information content (AvgIpc) is 2.76. The van der Waals surface area contributed by atoms with Gasteiger partial charge in [0, 0.05) is 25.3 Å². The lowest BCUT2D eigenvalue weighted by molar-refractivity contribution is -0.122. The number of aryl methyl sites for hydroxylation is 1. The zero-order valence-corrected chi connectivity index (χ0v) is 17.7. The van der Waals surface area contributed by atoms with Crippen LogP contribution in [0.15, 0.2) is 42.5 Å². The molecule has 0 aromatic heterocycles. The topological polar surface area (TPSA) is 97.0 Å². The van der Waals surface area contributed by atoms with Gasteiger partial charge in [-0.25, -0.2) is 0 Å².